The first-order valence-electron chi connectivity index (χ1n) is 8.61. The van der Waals surface area contributed by atoms with E-state index < -0.39 is 5.54 Å². The number of nitrogens with one attached hydrogen (secondary N) is 1. The van der Waals surface area contributed by atoms with Crippen LogP contribution in [0, 0.1) is 5.92 Å². The van der Waals surface area contributed by atoms with Crippen LogP contribution in [-0.4, -0.2) is 47.2 Å². The highest BCUT2D eigenvalue weighted by molar-refractivity contribution is 5.70. The minimum atomic E-state index is -0.712. The molecule has 25 heavy (non-hydrogen) atoms. The molecule has 0 bridgehead atoms. The third kappa shape index (κ3) is 3.49. The Labute approximate surface area is 148 Å². The quantitative estimate of drug-likeness (QED) is 0.926. The second kappa shape index (κ2) is 7.61. The van der Waals surface area contributed by atoms with E-state index in [0.29, 0.717) is 19.7 Å². The first kappa shape index (κ1) is 17.4. The Hall–Kier alpha value is -2.47. The summed E-state index contributed by atoms with van der Waals surface area (Å²) in [5.74, 6) is 0.289. The minimum Gasteiger partial charge on any atom is -0.449 e. The highest BCUT2D eigenvalue weighted by atomic mass is 16.6. The molecular formula is C19H24N4O2. The molecule has 1 atom stereocenters. The lowest BCUT2D eigenvalue weighted by Gasteiger charge is -2.46. The second-order valence-corrected chi connectivity index (χ2v) is 6.61. The van der Waals surface area contributed by atoms with Gasteiger partial charge in [-0.25, -0.2) is 4.79 Å². The number of amides is 1. The van der Waals surface area contributed by atoms with Gasteiger partial charge in [0.2, 0.25) is 0 Å². The summed E-state index contributed by atoms with van der Waals surface area (Å²) in [5, 5.41) is 3.41. The third-order valence-electron chi connectivity index (χ3n) is 4.36. The zero-order chi connectivity index (χ0) is 17.7. The molecule has 2 aromatic heterocycles. The van der Waals surface area contributed by atoms with Crippen molar-refractivity contribution in [1.82, 2.24) is 20.2 Å². The Kier molecular flexibility index (Phi) is 5.28. The fraction of sp³-hybridized carbons (Fsp3) is 0.421. The standard InChI is InChI=1S/C19H24N4O2/c1-15(2)13-25-18(24)23-12-11-21-14-19(23,16-6-9-20-10-7-16)17-5-3-4-8-22-17/h3-10,15,21H,11-14H2,1-2H3. The van der Waals surface area contributed by atoms with Crippen LogP contribution in [0.4, 0.5) is 4.79 Å². The number of hydrogen-bond donors (Lipinski definition) is 1. The van der Waals surface area contributed by atoms with E-state index in [1.165, 1.54) is 0 Å². The van der Waals surface area contributed by atoms with Crippen LogP contribution < -0.4 is 5.32 Å². The largest absolute Gasteiger partial charge is 0.449 e. The molecule has 1 N–H and O–H groups in total. The molecular weight excluding hydrogens is 316 g/mol. The van der Waals surface area contributed by atoms with E-state index >= 15 is 0 Å². The van der Waals surface area contributed by atoms with Gasteiger partial charge in [-0.1, -0.05) is 19.9 Å². The maximum Gasteiger partial charge on any atom is 0.410 e. The molecule has 6 heteroatoms. The van der Waals surface area contributed by atoms with Gasteiger partial charge in [0.05, 0.1) is 12.3 Å². The van der Waals surface area contributed by atoms with Gasteiger partial charge in [-0.05, 0) is 35.7 Å². The molecule has 6 nitrogen and oxygen atoms in total. The van der Waals surface area contributed by atoms with E-state index in [4.69, 9.17) is 4.74 Å². The Morgan fingerprint density at radius 2 is 2.08 bits per heavy atom. The fourth-order valence-corrected chi connectivity index (χ4v) is 3.18. The van der Waals surface area contributed by atoms with Gasteiger partial charge >= 0.3 is 6.09 Å². The molecule has 1 aliphatic rings. The highest BCUT2D eigenvalue weighted by Gasteiger charge is 2.46. The number of carbonyl (C=O) groups excluding carboxylic acids is 1. The molecule has 0 aliphatic carbocycles. The van der Waals surface area contributed by atoms with E-state index in [0.717, 1.165) is 17.8 Å². The average Bonchev–Trinajstić information content (AvgIpc) is 2.67. The number of carbonyl (C=O) groups is 1. The second-order valence-electron chi connectivity index (χ2n) is 6.61. The van der Waals surface area contributed by atoms with Crippen molar-refractivity contribution in [2.45, 2.75) is 19.4 Å². The van der Waals surface area contributed by atoms with Gasteiger partial charge in [0.15, 0.2) is 0 Å². The fourth-order valence-electron chi connectivity index (χ4n) is 3.18. The molecule has 1 unspecified atom stereocenters. The molecule has 1 saturated heterocycles. The molecule has 1 aliphatic heterocycles. The molecule has 0 radical (unpaired) electrons. The molecule has 132 valence electrons. The minimum absolute atomic E-state index is 0.289. The van der Waals surface area contributed by atoms with Gasteiger partial charge < -0.3 is 10.1 Å². The lowest BCUT2D eigenvalue weighted by molar-refractivity contribution is 0.0422. The van der Waals surface area contributed by atoms with Gasteiger partial charge in [-0.3, -0.25) is 14.9 Å². The van der Waals surface area contributed by atoms with Gasteiger partial charge in [0.25, 0.3) is 0 Å². The zero-order valence-corrected chi connectivity index (χ0v) is 14.7. The number of rotatable bonds is 4. The van der Waals surface area contributed by atoms with Gasteiger partial charge in [-0.15, -0.1) is 0 Å². The molecule has 3 rings (SSSR count). The third-order valence-corrected chi connectivity index (χ3v) is 4.36. The van der Waals surface area contributed by atoms with Crippen molar-refractivity contribution in [3.8, 4) is 0 Å². The average molecular weight is 340 g/mol. The summed E-state index contributed by atoms with van der Waals surface area (Å²) in [4.78, 5) is 23.4. The van der Waals surface area contributed by atoms with Crippen LogP contribution in [-0.2, 0) is 10.3 Å². The first-order valence-corrected chi connectivity index (χ1v) is 8.61. The normalized spacial score (nSPS) is 20.5. The number of aromatic nitrogens is 2. The summed E-state index contributed by atoms with van der Waals surface area (Å²) in [6.07, 6.45) is 4.93. The smallest absolute Gasteiger partial charge is 0.410 e. The Bertz CT molecular complexity index is 652. The molecule has 1 fully saturated rings. The number of nitrogens with zero attached hydrogens (tertiary/aromatic N) is 3. The predicted octanol–water partition coefficient (Wildman–Crippen LogP) is 2.42. The van der Waals surface area contributed by atoms with E-state index in [1.54, 1.807) is 23.5 Å². The van der Waals surface area contributed by atoms with Gasteiger partial charge in [0.1, 0.15) is 5.54 Å². The van der Waals surface area contributed by atoms with Gasteiger partial charge in [-0.2, -0.15) is 0 Å². The lowest BCUT2D eigenvalue weighted by Crippen LogP contribution is -2.62. The van der Waals surface area contributed by atoms with Crippen LogP contribution in [0.25, 0.3) is 0 Å². The van der Waals surface area contributed by atoms with Crippen molar-refractivity contribution < 1.29 is 9.53 Å². The van der Waals surface area contributed by atoms with Crippen molar-refractivity contribution in [2.75, 3.05) is 26.2 Å². The molecule has 0 spiro atoms. The Morgan fingerprint density at radius 1 is 1.28 bits per heavy atom. The number of ether oxygens (including phenoxy) is 1. The van der Waals surface area contributed by atoms with Crippen LogP contribution in [0.2, 0.25) is 0 Å². The van der Waals surface area contributed by atoms with Crippen LogP contribution >= 0.6 is 0 Å². The summed E-state index contributed by atoms with van der Waals surface area (Å²) < 4.78 is 5.56. The van der Waals surface area contributed by atoms with Crippen molar-refractivity contribution in [3.63, 3.8) is 0 Å². The number of pyridine rings is 2. The van der Waals surface area contributed by atoms with E-state index in [1.807, 2.05) is 44.2 Å². The zero-order valence-electron chi connectivity index (χ0n) is 14.7. The summed E-state index contributed by atoms with van der Waals surface area (Å²) in [6.45, 7) is 6.30. The summed E-state index contributed by atoms with van der Waals surface area (Å²) in [5.41, 5.74) is 1.07. The summed E-state index contributed by atoms with van der Waals surface area (Å²) >= 11 is 0. The number of hydrogen-bond acceptors (Lipinski definition) is 5. The topological polar surface area (TPSA) is 67.3 Å². The summed E-state index contributed by atoms with van der Waals surface area (Å²) in [7, 11) is 0. The van der Waals surface area contributed by atoms with Crippen molar-refractivity contribution in [2.24, 2.45) is 5.92 Å². The van der Waals surface area contributed by atoms with Crippen LogP contribution in [0.5, 0.6) is 0 Å². The van der Waals surface area contributed by atoms with E-state index in [2.05, 4.69) is 15.3 Å². The van der Waals surface area contributed by atoms with E-state index in [-0.39, 0.29) is 12.0 Å². The molecule has 0 saturated carbocycles. The Balaban J connectivity index is 2.06. The Morgan fingerprint density at radius 3 is 2.76 bits per heavy atom. The highest BCUT2D eigenvalue weighted by Crippen LogP contribution is 2.36. The van der Waals surface area contributed by atoms with Crippen molar-refractivity contribution in [3.05, 3.63) is 60.2 Å². The molecule has 0 aromatic carbocycles. The monoisotopic (exact) mass is 340 g/mol. The van der Waals surface area contributed by atoms with Crippen molar-refractivity contribution in [1.29, 1.82) is 0 Å². The van der Waals surface area contributed by atoms with Crippen LogP contribution in [0.3, 0.4) is 0 Å². The van der Waals surface area contributed by atoms with E-state index in [9.17, 15) is 4.79 Å². The maximum absolute atomic E-state index is 12.9. The van der Waals surface area contributed by atoms with Crippen LogP contribution in [0.1, 0.15) is 25.1 Å². The molecule has 2 aromatic rings. The first-order chi connectivity index (χ1) is 12.1. The maximum atomic E-state index is 12.9. The molecule has 1 amide bonds. The van der Waals surface area contributed by atoms with Crippen LogP contribution in [0.15, 0.2) is 48.9 Å². The summed E-state index contributed by atoms with van der Waals surface area (Å²) in [6, 6.07) is 9.64. The number of piperazine rings is 1. The molecule has 3 heterocycles. The van der Waals surface area contributed by atoms with Gasteiger partial charge in [0, 0.05) is 38.2 Å². The SMILES string of the molecule is CC(C)COC(=O)N1CCNCC1(c1ccncc1)c1ccccn1. The predicted molar refractivity (Wildman–Crippen MR) is 95.0 cm³/mol. The lowest BCUT2D eigenvalue weighted by atomic mass is 9.83. The van der Waals surface area contributed by atoms with Crippen molar-refractivity contribution >= 4 is 6.09 Å².